The molecule has 240 valence electrons. The number of ketones is 2. The fourth-order valence-corrected chi connectivity index (χ4v) is 5.36. The summed E-state index contributed by atoms with van der Waals surface area (Å²) in [6.07, 6.45) is 0.998. The fraction of sp³-hybridized carbons (Fsp3) is 0.704. The average Bonchev–Trinajstić information content (AvgIpc) is 3.20. The van der Waals surface area contributed by atoms with Gasteiger partial charge < -0.3 is 32.1 Å². The number of hydrogen-bond acceptors (Lipinski definition) is 9. The Bertz CT molecular complexity index is 1080. The van der Waals surface area contributed by atoms with E-state index in [2.05, 4.69) is 15.6 Å². The molecule has 0 aromatic rings. The van der Waals surface area contributed by atoms with E-state index in [1.807, 2.05) is 18.7 Å². The molecule has 43 heavy (non-hydrogen) atoms. The van der Waals surface area contributed by atoms with Gasteiger partial charge in [-0.1, -0.05) is 13.8 Å². The number of nitrogens with two attached hydrogens (primary N) is 2. The Hall–Kier alpha value is -4.08. The van der Waals surface area contributed by atoms with E-state index >= 15 is 0 Å². The summed E-state index contributed by atoms with van der Waals surface area (Å²) >= 11 is 0. The highest BCUT2D eigenvalue weighted by molar-refractivity contribution is 6.08. The Kier molecular flexibility index (Phi) is 13.5. The molecule has 0 radical (unpaired) electrons. The number of nitrogens with zero attached hydrogens (tertiary/aromatic N) is 4. The molecule has 4 atom stereocenters. The lowest BCUT2D eigenvalue weighted by atomic mass is 9.90. The number of carbonyl (C=O) groups excluding carboxylic acids is 6. The molecule has 2 aliphatic rings. The number of aliphatic imine (C=N–C) groups is 1. The van der Waals surface area contributed by atoms with E-state index in [0.29, 0.717) is 25.8 Å². The lowest BCUT2D eigenvalue weighted by Crippen LogP contribution is -2.60. The first kappa shape index (κ1) is 35.1. The first-order valence-electron chi connectivity index (χ1n) is 14.4. The SMILES string of the molecule is CC(=O)[C@H](CCCN=C(N)N)CC(=O)[C@H](CNC=O)N1CCN(C(=O)[C@@H](CC(C)C)N2C(=O)N[C@@H](CC(=O)O)C2=O)CC1. The maximum Gasteiger partial charge on any atom is 0.325 e. The van der Waals surface area contributed by atoms with Crippen LogP contribution in [0, 0.1) is 11.8 Å². The minimum absolute atomic E-state index is 0.0261. The van der Waals surface area contributed by atoms with Crippen LogP contribution in [0.15, 0.2) is 4.99 Å². The molecule has 0 spiro atoms. The van der Waals surface area contributed by atoms with Crippen LogP contribution < -0.4 is 22.1 Å². The third kappa shape index (κ3) is 10.3. The van der Waals surface area contributed by atoms with Crippen molar-refractivity contribution in [2.45, 2.75) is 71.0 Å². The molecule has 16 heteroatoms. The molecule has 7 N–H and O–H groups in total. The number of urea groups is 1. The Morgan fingerprint density at radius 2 is 1.77 bits per heavy atom. The number of hydrogen-bond donors (Lipinski definition) is 5. The second-order valence-electron chi connectivity index (χ2n) is 11.3. The van der Waals surface area contributed by atoms with Gasteiger partial charge >= 0.3 is 12.0 Å². The van der Waals surface area contributed by atoms with Crippen LogP contribution in [0.3, 0.4) is 0 Å². The number of aliphatic carboxylic acids is 1. The summed E-state index contributed by atoms with van der Waals surface area (Å²) < 4.78 is 0. The van der Waals surface area contributed by atoms with E-state index in [4.69, 9.17) is 16.6 Å². The van der Waals surface area contributed by atoms with Crippen LogP contribution in [0.2, 0.25) is 0 Å². The van der Waals surface area contributed by atoms with E-state index in [1.165, 1.54) is 11.8 Å². The third-order valence-electron chi connectivity index (χ3n) is 7.58. The van der Waals surface area contributed by atoms with Gasteiger partial charge in [0.1, 0.15) is 17.9 Å². The molecule has 2 aliphatic heterocycles. The summed E-state index contributed by atoms with van der Waals surface area (Å²) in [7, 11) is 0. The maximum absolute atomic E-state index is 13.6. The van der Waals surface area contributed by atoms with E-state index < -0.39 is 54.3 Å². The lowest BCUT2D eigenvalue weighted by Gasteiger charge is -2.40. The number of guanidine groups is 1. The average molecular weight is 609 g/mol. The van der Waals surface area contributed by atoms with Crippen molar-refractivity contribution in [3.8, 4) is 0 Å². The molecule has 5 amide bonds. The van der Waals surface area contributed by atoms with Gasteiger partial charge in [-0.25, -0.2) is 9.69 Å². The molecule has 2 fully saturated rings. The molecule has 2 rings (SSSR count). The second kappa shape index (κ2) is 16.5. The molecule has 0 saturated carbocycles. The largest absolute Gasteiger partial charge is 0.481 e. The highest BCUT2D eigenvalue weighted by Gasteiger charge is 2.46. The standard InChI is InChI=1S/C27H44N8O8/c1-16(2)11-20(35-24(41)19(13-23(39)40)32-27(35)43)25(42)34-9-7-33(8-10-34)21(14-30-15-36)22(38)12-18(17(3)37)5-4-6-31-26(28)29/h15-16,18-21H,4-14H2,1-3H3,(H,30,36)(H,32,43)(H,39,40)(H4,28,29,31)/t18-,19+,20-,21+/m1/s1. The molecular formula is C27H44N8O8. The number of carbonyl (C=O) groups is 7. The number of amides is 5. The molecule has 0 bridgehead atoms. The number of piperazine rings is 1. The Balaban J connectivity index is 2.11. The smallest absolute Gasteiger partial charge is 0.325 e. The molecule has 0 unspecified atom stereocenters. The number of rotatable bonds is 18. The van der Waals surface area contributed by atoms with Crippen molar-refractivity contribution in [2.24, 2.45) is 28.3 Å². The zero-order valence-electron chi connectivity index (χ0n) is 25.0. The highest BCUT2D eigenvalue weighted by Crippen LogP contribution is 2.22. The zero-order chi connectivity index (χ0) is 32.3. The maximum atomic E-state index is 13.6. The summed E-state index contributed by atoms with van der Waals surface area (Å²) in [5.41, 5.74) is 10.7. The van der Waals surface area contributed by atoms with Crippen molar-refractivity contribution >= 4 is 47.8 Å². The van der Waals surface area contributed by atoms with Crippen LogP contribution in [-0.2, 0) is 28.8 Å². The second-order valence-corrected chi connectivity index (χ2v) is 11.3. The van der Waals surface area contributed by atoms with E-state index in [1.54, 1.807) is 0 Å². The van der Waals surface area contributed by atoms with Crippen LogP contribution in [0.4, 0.5) is 4.79 Å². The minimum atomic E-state index is -1.25. The molecule has 0 aromatic heterocycles. The summed E-state index contributed by atoms with van der Waals surface area (Å²) in [4.78, 5) is 95.1. The van der Waals surface area contributed by atoms with Crippen molar-refractivity contribution in [3.05, 3.63) is 0 Å². The van der Waals surface area contributed by atoms with Gasteiger partial charge in [-0.15, -0.1) is 0 Å². The summed E-state index contributed by atoms with van der Waals surface area (Å²) in [5, 5.41) is 14.0. The Morgan fingerprint density at radius 1 is 1.12 bits per heavy atom. The van der Waals surface area contributed by atoms with Crippen LogP contribution in [-0.4, -0.2) is 125 Å². The normalized spacial score (nSPS) is 19.4. The van der Waals surface area contributed by atoms with Gasteiger partial charge in [0, 0.05) is 51.6 Å². The van der Waals surface area contributed by atoms with Gasteiger partial charge in [0.25, 0.3) is 5.91 Å². The first-order valence-corrected chi connectivity index (χ1v) is 14.4. The van der Waals surface area contributed by atoms with Gasteiger partial charge in [-0.05, 0) is 32.1 Å². The predicted molar refractivity (Wildman–Crippen MR) is 154 cm³/mol. The van der Waals surface area contributed by atoms with E-state index in [0.717, 1.165) is 4.90 Å². The van der Waals surface area contributed by atoms with Gasteiger partial charge in [-0.3, -0.25) is 38.7 Å². The van der Waals surface area contributed by atoms with Crippen molar-refractivity contribution < 1.29 is 38.7 Å². The Labute approximate surface area is 250 Å². The van der Waals surface area contributed by atoms with Gasteiger partial charge in [0.2, 0.25) is 12.3 Å². The van der Waals surface area contributed by atoms with Crippen molar-refractivity contribution in [1.29, 1.82) is 0 Å². The molecule has 2 saturated heterocycles. The predicted octanol–water partition coefficient (Wildman–Crippen LogP) is -1.73. The Morgan fingerprint density at radius 3 is 2.30 bits per heavy atom. The topological polar surface area (TPSA) is 238 Å². The van der Waals surface area contributed by atoms with Crippen molar-refractivity contribution in [2.75, 3.05) is 39.3 Å². The first-order chi connectivity index (χ1) is 20.3. The number of imide groups is 1. The summed E-state index contributed by atoms with van der Waals surface area (Å²) in [6, 6.07) is -3.89. The van der Waals surface area contributed by atoms with Crippen molar-refractivity contribution in [1.82, 2.24) is 25.3 Å². The number of carboxylic acids is 1. The third-order valence-corrected chi connectivity index (χ3v) is 7.58. The molecule has 16 nitrogen and oxygen atoms in total. The van der Waals surface area contributed by atoms with Crippen LogP contribution in [0.25, 0.3) is 0 Å². The highest BCUT2D eigenvalue weighted by atomic mass is 16.4. The van der Waals surface area contributed by atoms with Crippen LogP contribution >= 0.6 is 0 Å². The van der Waals surface area contributed by atoms with E-state index in [-0.39, 0.29) is 69.0 Å². The lowest BCUT2D eigenvalue weighted by molar-refractivity contribution is -0.145. The zero-order valence-corrected chi connectivity index (χ0v) is 25.0. The number of Topliss-reactive ketones (excluding diaryl/α,β-unsaturated/α-hetero) is 2. The van der Waals surface area contributed by atoms with Gasteiger partial charge in [0.15, 0.2) is 11.7 Å². The molecule has 2 heterocycles. The molecule has 0 aromatic carbocycles. The van der Waals surface area contributed by atoms with E-state index in [9.17, 15) is 33.6 Å². The number of nitrogens with one attached hydrogen (secondary N) is 2. The van der Waals surface area contributed by atoms with Crippen LogP contribution in [0.5, 0.6) is 0 Å². The van der Waals surface area contributed by atoms with Crippen LogP contribution in [0.1, 0.15) is 52.9 Å². The monoisotopic (exact) mass is 608 g/mol. The number of carboxylic acid groups (broad SMARTS) is 1. The van der Waals surface area contributed by atoms with Gasteiger partial charge in [0.05, 0.1) is 12.5 Å². The van der Waals surface area contributed by atoms with Gasteiger partial charge in [-0.2, -0.15) is 0 Å². The quantitative estimate of drug-likeness (QED) is 0.0385. The summed E-state index contributed by atoms with van der Waals surface area (Å²) in [6.45, 7) is 6.39. The minimum Gasteiger partial charge on any atom is -0.481 e. The van der Waals surface area contributed by atoms with Crippen molar-refractivity contribution in [3.63, 3.8) is 0 Å². The molecular weight excluding hydrogens is 564 g/mol. The summed E-state index contributed by atoms with van der Waals surface area (Å²) in [5.74, 6) is -3.46. The fourth-order valence-electron chi connectivity index (χ4n) is 5.36. The molecule has 0 aliphatic carbocycles.